The Morgan fingerprint density at radius 1 is 1.12 bits per heavy atom. The second-order valence-electron chi connectivity index (χ2n) is 7.56. The maximum atomic E-state index is 13.2. The molecule has 0 atom stereocenters. The number of nitrogens with one attached hydrogen (secondary N) is 1. The molecule has 3 rings (SSSR count). The van der Waals surface area contributed by atoms with E-state index >= 15 is 0 Å². The van der Waals surface area contributed by atoms with Crippen LogP contribution in [0.1, 0.15) is 21.5 Å². The topological polar surface area (TPSA) is 127 Å². The van der Waals surface area contributed by atoms with Gasteiger partial charge in [-0.05, 0) is 37.1 Å². The second-order valence-corrected chi connectivity index (χ2v) is 9.68. The Labute approximate surface area is 186 Å². The molecular weight excluding hydrogens is 430 g/mol. The molecule has 1 aromatic heterocycles. The maximum absolute atomic E-state index is 13.2. The molecule has 3 N–H and O–H groups in total. The van der Waals surface area contributed by atoms with Crippen LogP contribution < -0.4 is 11.1 Å². The number of rotatable bonds is 7. The summed E-state index contributed by atoms with van der Waals surface area (Å²) in [7, 11) is -0.877. The fourth-order valence-electron chi connectivity index (χ4n) is 3.21. The Kier molecular flexibility index (Phi) is 6.47. The summed E-state index contributed by atoms with van der Waals surface area (Å²) in [6, 6.07) is 12.1. The van der Waals surface area contributed by atoms with Gasteiger partial charge in [-0.2, -0.15) is 0 Å². The molecule has 0 bridgehead atoms. The lowest BCUT2D eigenvalue weighted by molar-refractivity contribution is -0.118. The number of carbonyl (C=O) groups excluding carboxylic acids is 2. The molecule has 2 aromatic carbocycles. The van der Waals surface area contributed by atoms with Gasteiger partial charge in [-0.3, -0.25) is 9.59 Å². The van der Waals surface area contributed by atoms with E-state index in [2.05, 4.69) is 10.3 Å². The largest absolute Gasteiger partial charge is 0.368 e. The highest BCUT2D eigenvalue weighted by molar-refractivity contribution is 7.89. The predicted molar refractivity (Wildman–Crippen MR) is 122 cm³/mol. The lowest BCUT2D eigenvalue weighted by atomic mass is 10.1. The molecule has 0 spiro atoms. The number of anilines is 1. The minimum atomic E-state index is -3.75. The normalized spacial score (nSPS) is 11.5. The second kappa shape index (κ2) is 8.93. The van der Waals surface area contributed by atoms with Gasteiger partial charge in [0.25, 0.3) is 5.91 Å². The van der Waals surface area contributed by atoms with E-state index in [9.17, 15) is 18.0 Å². The van der Waals surface area contributed by atoms with E-state index in [1.165, 1.54) is 31.1 Å². The number of amides is 2. The Balaban J connectivity index is 2.07. The number of carbonyl (C=O) groups is 2. The maximum Gasteiger partial charge on any atom is 0.256 e. The summed E-state index contributed by atoms with van der Waals surface area (Å²) in [6.45, 7) is 3.26. The van der Waals surface area contributed by atoms with E-state index in [1.54, 1.807) is 19.9 Å². The van der Waals surface area contributed by atoms with Crippen LogP contribution in [0.25, 0.3) is 11.3 Å². The Hall–Kier alpha value is -3.50. The lowest BCUT2D eigenvalue weighted by Crippen LogP contribution is -2.25. The van der Waals surface area contributed by atoms with Crippen LogP contribution >= 0.6 is 0 Å². The number of aryl methyl sites for hydroxylation is 1. The molecule has 1 heterocycles. The molecule has 10 heteroatoms. The van der Waals surface area contributed by atoms with Crippen LogP contribution in [0.2, 0.25) is 0 Å². The van der Waals surface area contributed by atoms with Crippen LogP contribution in [-0.4, -0.2) is 48.2 Å². The third kappa shape index (κ3) is 4.56. The first-order valence-corrected chi connectivity index (χ1v) is 11.2. The van der Waals surface area contributed by atoms with Crippen LogP contribution in [0.3, 0.4) is 0 Å². The van der Waals surface area contributed by atoms with Gasteiger partial charge in [0.2, 0.25) is 15.9 Å². The fourth-order valence-corrected chi connectivity index (χ4v) is 4.43. The zero-order chi connectivity index (χ0) is 23.6. The van der Waals surface area contributed by atoms with Crippen molar-refractivity contribution in [3.05, 3.63) is 65.5 Å². The number of nitrogens with two attached hydrogens (primary N) is 1. The molecule has 32 heavy (non-hydrogen) atoms. The minimum Gasteiger partial charge on any atom is -0.368 e. The van der Waals surface area contributed by atoms with Crippen LogP contribution in [0, 0.1) is 13.8 Å². The molecule has 0 saturated carbocycles. The Morgan fingerprint density at radius 2 is 1.78 bits per heavy atom. The summed E-state index contributed by atoms with van der Waals surface area (Å²) < 4.78 is 28.0. The van der Waals surface area contributed by atoms with Crippen molar-refractivity contribution in [1.29, 1.82) is 0 Å². The van der Waals surface area contributed by atoms with Gasteiger partial charge >= 0.3 is 0 Å². The third-order valence-electron chi connectivity index (χ3n) is 5.08. The third-order valence-corrected chi connectivity index (χ3v) is 7.02. The van der Waals surface area contributed by atoms with E-state index in [0.29, 0.717) is 16.8 Å². The summed E-state index contributed by atoms with van der Waals surface area (Å²) in [5, 5.41) is 2.78. The predicted octanol–water partition coefficient (Wildman–Crippen LogP) is 2.15. The van der Waals surface area contributed by atoms with Crippen LogP contribution in [-0.2, 0) is 21.4 Å². The number of benzene rings is 2. The first-order chi connectivity index (χ1) is 15.0. The SMILES string of the molecule is Cc1cc(C(=O)Nc2c(-c3ccccc3)ncn2CC(N)=O)cc(S(=O)(=O)N(C)C)c1C. The summed E-state index contributed by atoms with van der Waals surface area (Å²) in [5.74, 6) is -0.843. The standard InChI is InChI=1S/C22H25N5O4S/c1-14-10-17(11-18(15(14)2)32(30,31)26(3)4)22(29)25-21-20(16-8-6-5-7-9-16)24-13-27(21)12-19(23)28/h5-11,13H,12H2,1-4H3,(H2,23,28)(H,25,29). The molecule has 9 nitrogen and oxygen atoms in total. The molecule has 0 aliphatic rings. The quantitative estimate of drug-likeness (QED) is 0.564. The summed E-state index contributed by atoms with van der Waals surface area (Å²) >= 11 is 0. The number of hydrogen-bond acceptors (Lipinski definition) is 5. The first kappa shape index (κ1) is 23.2. The fraction of sp³-hybridized carbons (Fsp3) is 0.227. The molecule has 0 saturated heterocycles. The minimum absolute atomic E-state index is 0.0570. The number of primary amides is 1. The van der Waals surface area contributed by atoms with Crippen molar-refractivity contribution in [3.63, 3.8) is 0 Å². The van der Waals surface area contributed by atoms with Crippen molar-refractivity contribution in [3.8, 4) is 11.3 Å². The number of nitrogens with zero attached hydrogens (tertiary/aromatic N) is 3. The highest BCUT2D eigenvalue weighted by atomic mass is 32.2. The van der Waals surface area contributed by atoms with E-state index in [-0.39, 0.29) is 22.8 Å². The molecule has 3 aromatic rings. The Morgan fingerprint density at radius 3 is 2.38 bits per heavy atom. The molecule has 0 aliphatic carbocycles. The highest BCUT2D eigenvalue weighted by Gasteiger charge is 2.24. The van der Waals surface area contributed by atoms with Crippen molar-refractivity contribution in [1.82, 2.24) is 13.9 Å². The number of aromatic nitrogens is 2. The van der Waals surface area contributed by atoms with Crippen molar-refractivity contribution in [2.75, 3.05) is 19.4 Å². The average molecular weight is 456 g/mol. The van der Waals surface area contributed by atoms with Crippen LogP contribution in [0.4, 0.5) is 5.82 Å². The van der Waals surface area contributed by atoms with Crippen molar-refractivity contribution < 1.29 is 18.0 Å². The first-order valence-electron chi connectivity index (χ1n) is 9.76. The van der Waals surface area contributed by atoms with Gasteiger partial charge in [0.15, 0.2) is 0 Å². The van der Waals surface area contributed by atoms with E-state index < -0.39 is 21.8 Å². The van der Waals surface area contributed by atoms with Gasteiger partial charge in [-0.15, -0.1) is 0 Å². The number of imidazole rings is 1. The van der Waals surface area contributed by atoms with E-state index in [4.69, 9.17) is 5.73 Å². The smallest absolute Gasteiger partial charge is 0.256 e. The zero-order valence-corrected chi connectivity index (χ0v) is 19.1. The van der Waals surface area contributed by atoms with Gasteiger partial charge in [-0.25, -0.2) is 17.7 Å². The molecule has 0 aliphatic heterocycles. The van der Waals surface area contributed by atoms with Crippen molar-refractivity contribution >= 4 is 27.7 Å². The van der Waals surface area contributed by atoms with Gasteiger partial charge < -0.3 is 15.6 Å². The van der Waals surface area contributed by atoms with Gasteiger partial charge in [0, 0.05) is 25.2 Å². The summed E-state index contributed by atoms with van der Waals surface area (Å²) in [6.07, 6.45) is 1.42. The molecule has 2 amide bonds. The van der Waals surface area contributed by atoms with Gasteiger partial charge in [0.1, 0.15) is 18.1 Å². The van der Waals surface area contributed by atoms with Gasteiger partial charge in [-0.1, -0.05) is 30.3 Å². The molecule has 0 unspecified atom stereocenters. The molecule has 0 fully saturated rings. The van der Waals surface area contributed by atoms with Crippen LogP contribution in [0.5, 0.6) is 0 Å². The molecule has 0 radical (unpaired) electrons. The number of hydrogen-bond donors (Lipinski definition) is 2. The Bertz CT molecular complexity index is 1280. The van der Waals surface area contributed by atoms with Crippen molar-refractivity contribution in [2.45, 2.75) is 25.3 Å². The van der Waals surface area contributed by atoms with Crippen molar-refractivity contribution in [2.24, 2.45) is 5.73 Å². The lowest BCUT2D eigenvalue weighted by Gasteiger charge is -2.17. The van der Waals surface area contributed by atoms with E-state index in [0.717, 1.165) is 9.87 Å². The summed E-state index contributed by atoms with van der Waals surface area (Å²) in [4.78, 5) is 29.1. The highest BCUT2D eigenvalue weighted by Crippen LogP contribution is 2.28. The number of sulfonamides is 1. The molecular formula is C22H25N5O4S. The van der Waals surface area contributed by atoms with Crippen LogP contribution in [0.15, 0.2) is 53.7 Å². The monoisotopic (exact) mass is 455 g/mol. The molecule has 168 valence electrons. The zero-order valence-electron chi connectivity index (χ0n) is 18.3. The average Bonchev–Trinajstić information content (AvgIpc) is 3.11. The summed E-state index contributed by atoms with van der Waals surface area (Å²) in [5.41, 5.74) is 7.94. The van der Waals surface area contributed by atoms with Gasteiger partial charge in [0.05, 0.1) is 11.2 Å². The van der Waals surface area contributed by atoms with E-state index in [1.807, 2.05) is 30.3 Å².